The Balaban J connectivity index is 2.09. The van der Waals surface area contributed by atoms with Crippen LogP contribution in [0.5, 0.6) is 5.75 Å². The Morgan fingerprint density at radius 3 is 2.67 bits per heavy atom. The normalized spacial score (nSPS) is 13.4. The van der Waals surface area contributed by atoms with Crippen molar-refractivity contribution in [3.63, 3.8) is 0 Å². The minimum absolute atomic E-state index is 0.209. The number of aromatic hydroxyl groups is 1. The first kappa shape index (κ1) is 15.9. The number of rotatable bonds is 5. The van der Waals surface area contributed by atoms with Gasteiger partial charge in [0, 0.05) is 36.5 Å². The maximum atomic E-state index is 10.6. The number of nitrogens with zero attached hydrogens (tertiary/aromatic N) is 1. The summed E-state index contributed by atoms with van der Waals surface area (Å²) in [4.78, 5) is 12.5. The molecule has 1 aliphatic heterocycles. The largest absolute Gasteiger partial charge is 0.507 e. The van der Waals surface area contributed by atoms with Gasteiger partial charge < -0.3 is 19.5 Å². The van der Waals surface area contributed by atoms with E-state index in [1.165, 1.54) is 0 Å². The fourth-order valence-electron chi connectivity index (χ4n) is 2.78. The Morgan fingerprint density at radius 2 is 1.92 bits per heavy atom. The molecule has 0 aromatic heterocycles. The molecule has 0 spiro atoms. The molecule has 1 heterocycles. The van der Waals surface area contributed by atoms with E-state index in [-0.39, 0.29) is 5.75 Å². The quantitative estimate of drug-likeness (QED) is 0.844. The number of aldehydes is 1. The lowest BCUT2D eigenvalue weighted by Crippen LogP contribution is -2.16. The molecule has 0 unspecified atom stereocenters. The maximum Gasteiger partial charge on any atom is 0.150 e. The number of hydrogen-bond donors (Lipinski definition) is 1. The predicted molar refractivity (Wildman–Crippen MR) is 93.9 cm³/mol. The Hall–Kier alpha value is -3.01. The highest BCUT2D eigenvalue weighted by molar-refractivity contribution is 5.85. The molecule has 4 heteroatoms. The first-order valence-electron chi connectivity index (χ1n) is 7.83. The summed E-state index contributed by atoms with van der Waals surface area (Å²) in [6.45, 7) is 2.57. The van der Waals surface area contributed by atoms with Crippen molar-refractivity contribution in [1.29, 1.82) is 0 Å². The van der Waals surface area contributed by atoms with E-state index in [9.17, 15) is 9.90 Å². The van der Waals surface area contributed by atoms with Gasteiger partial charge in [0.05, 0.1) is 0 Å². The average molecular weight is 321 g/mol. The van der Waals surface area contributed by atoms with Gasteiger partial charge >= 0.3 is 0 Å². The Morgan fingerprint density at radius 1 is 1.12 bits per heavy atom. The molecule has 1 N–H and O–H groups in total. The summed E-state index contributed by atoms with van der Waals surface area (Å²) in [5.41, 5.74) is 3.52. The SMILES string of the molecule is Cc1ccc(O)c(-c2ccccc2)c1C1=CN(CCC=O)C=CO1. The number of phenols is 1. The number of ether oxygens (including phenoxy) is 1. The molecule has 2 aromatic rings. The van der Waals surface area contributed by atoms with E-state index in [0.717, 1.165) is 28.5 Å². The number of aryl methyl sites for hydroxylation is 1. The van der Waals surface area contributed by atoms with Crippen molar-refractivity contribution < 1.29 is 14.6 Å². The smallest absolute Gasteiger partial charge is 0.150 e. The van der Waals surface area contributed by atoms with Crippen molar-refractivity contribution in [3.05, 3.63) is 72.3 Å². The van der Waals surface area contributed by atoms with Crippen LogP contribution >= 0.6 is 0 Å². The highest BCUT2D eigenvalue weighted by Gasteiger charge is 2.19. The third-order valence-corrected chi connectivity index (χ3v) is 3.94. The van der Waals surface area contributed by atoms with Gasteiger partial charge in [-0.25, -0.2) is 0 Å². The molecule has 24 heavy (non-hydrogen) atoms. The van der Waals surface area contributed by atoms with Crippen LogP contribution in [0.15, 0.2) is 61.1 Å². The average Bonchev–Trinajstić information content (AvgIpc) is 2.62. The molecule has 2 aromatic carbocycles. The molecule has 0 amide bonds. The van der Waals surface area contributed by atoms with Gasteiger partial charge in [0.2, 0.25) is 0 Å². The number of phenolic OH excluding ortho intramolecular Hbond substituents is 1. The van der Waals surface area contributed by atoms with Crippen molar-refractivity contribution in [1.82, 2.24) is 4.90 Å². The van der Waals surface area contributed by atoms with Crippen LogP contribution in [-0.4, -0.2) is 22.8 Å². The minimum Gasteiger partial charge on any atom is -0.507 e. The number of benzene rings is 2. The van der Waals surface area contributed by atoms with Crippen LogP contribution in [0.1, 0.15) is 17.5 Å². The third-order valence-electron chi connectivity index (χ3n) is 3.94. The summed E-state index contributed by atoms with van der Waals surface area (Å²) in [6, 6.07) is 13.3. The Bertz CT molecular complexity index is 794. The van der Waals surface area contributed by atoms with E-state index in [1.807, 2.05) is 54.4 Å². The highest BCUT2D eigenvalue weighted by atomic mass is 16.5. The minimum atomic E-state index is 0.209. The lowest BCUT2D eigenvalue weighted by molar-refractivity contribution is -0.107. The van der Waals surface area contributed by atoms with Gasteiger partial charge in [-0.3, -0.25) is 0 Å². The number of carbonyl (C=O) groups excluding carboxylic acids is 1. The van der Waals surface area contributed by atoms with Crippen LogP contribution < -0.4 is 0 Å². The fraction of sp³-hybridized carbons (Fsp3) is 0.150. The molecule has 0 fully saturated rings. The zero-order chi connectivity index (χ0) is 16.9. The summed E-state index contributed by atoms with van der Waals surface area (Å²) < 4.78 is 5.71. The second kappa shape index (κ2) is 7.04. The second-order valence-corrected chi connectivity index (χ2v) is 5.61. The first-order chi connectivity index (χ1) is 11.7. The molecule has 0 saturated heterocycles. The van der Waals surface area contributed by atoms with Gasteiger partial charge in [0.1, 0.15) is 18.3 Å². The molecule has 0 atom stereocenters. The van der Waals surface area contributed by atoms with Crippen LogP contribution in [0.3, 0.4) is 0 Å². The zero-order valence-corrected chi connectivity index (χ0v) is 13.5. The second-order valence-electron chi connectivity index (χ2n) is 5.61. The van der Waals surface area contributed by atoms with E-state index in [0.29, 0.717) is 18.7 Å². The van der Waals surface area contributed by atoms with Crippen LogP contribution in [-0.2, 0) is 9.53 Å². The molecule has 1 aliphatic rings. The van der Waals surface area contributed by atoms with Crippen molar-refractivity contribution in [3.8, 4) is 16.9 Å². The maximum absolute atomic E-state index is 10.6. The summed E-state index contributed by atoms with van der Waals surface area (Å²) in [5.74, 6) is 0.857. The van der Waals surface area contributed by atoms with Gasteiger partial charge in [-0.05, 0) is 24.1 Å². The molecular weight excluding hydrogens is 302 g/mol. The molecule has 0 saturated carbocycles. The predicted octanol–water partition coefficient (Wildman–Crippen LogP) is 4.06. The van der Waals surface area contributed by atoms with Crippen molar-refractivity contribution >= 4 is 12.0 Å². The first-order valence-corrected chi connectivity index (χ1v) is 7.83. The van der Waals surface area contributed by atoms with Gasteiger partial charge in [-0.1, -0.05) is 36.4 Å². The van der Waals surface area contributed by atoms with E-state index >= 15 is 0 Å². The molecule has 4 nitrogen and oxygen atoms in total. The summed E-state index contributed by atoms with van der Waals surface area (Å²) in [7, 11) is 0. The topological polar surface area (TPSA) is 49.8 Å². The van der Waals surface area contributed by atoms with E-state index < -0.39 is 0 Å². The molecule has 122 valence electrons. The molecule has 0 radical (unpaired) electrons. The van der Waals surface area contributed by atoms with E-state index in [1.54, 1.807) is 18.5 Å². The zero-order valence-electron chi connectivity index (χ0n) is 13.5. The van der Waals surface area contributed by atoms with E-state index in [4.69, 9.17) is 4.74 Å². The number of carbonyl (C=O) groups is 1. The molecule has 0 aliphatic carbocycles. The summed E-state index contributed by atoms with van der Waals surface area (Å²) >= 11 is 0. The van der Waals surface area contributed by atoms with Gasteiger partial charge in [-0.15, -0.1) is 0 Å². The Kier molecular flexibility index (Phi) is 4.66. The van der Waals surface area contributed by atoms with Crippen molar-refractivity contribution in [2.75, 3.05) is 6.54 Å². The summed E-state index contributed by atoms with van der Waals surface area (Å²) in [5, 5.41) is 10.4. The van der Waals surface area contributed by atoms with Crippen LogP contribution in [0.4, 0.5) is 0 Å². The van der Waals surface area contributed by atoms with Gasteiger partial charge in [-0.2, -0.15) is 0 Å². The standard InChI is InChI=1S/C20H19NO3/c1-15-8-9-17(23)20(16-6-3-2-4-7-16)19(15)18-14-21(10-5-12-22)11-13-24-18/h2-4,6-9,11-14,23H,5,10H2,1H3. The monoisotopic (exact) mass is 321 g/mol. The Labute approximate surface area is 141 Å². The van der Waals surface area contributed by atoms with Crippen molar-refractivity contribution in [2.45, 2.75) is 13.3 Å². The van der Waals surface area contributed by atoms with Crippen molar-refractivity contribution in [2.24, 2.45) is 0 Å². The van der Waals surface area contributed by atoms with Crippen LogP contribution in [0.25, 0.3) is 16.9 Å². The van der Waals surface area contributed by atoms with Crippen LogP contribution in [0, 0.1) is 6.92 Å². The third kappa shape index (κ3) is 3.18. The fourth-order valence-corrected chi connectivity index (χ4v) is 2.78. The molecule has 0 bridgehead atoms. The molecular formula is C20H19NO3. The van der Waals surface area contributed by atoms with Gasteiger partial charge in [0.25, 0.3) is 0 Å². The lowest BCUT2D eigenvalue weighted by atomic mass is 9.93. The number of hydrogen-bond acceptors (Lipinski definition) is 4. The van der Waals surface area contributed by atoms with Gasteiger partial charge in [0.15, 0.2) is 5.76 Å². The van der Waals surface area contributed by atoms with E-state index in [2.05, 4.69) is 0 Å². The molecule has 3 rings (SSSR count). The summed E-state index contributed by atoms with van der Waals surface area (Å²) in [6.07, 6.45) is 6.58. The highest BCUT2D eigenvalue weighted by Crippen LogP contribution is 2.39. The lowest BCUT2D eigenvalue weighted by Gasteiger charge is -2.23. The van der Waals surface area contributed by atoms with Crippen LogP contribution in [0.2, 0.25) is 0 Å².